The maximum Gasteiger partial charge on any atom is 0.294 e. The number of rotatable bonds is 7. The second-order valence-corrected chi connectivity index (χ2v) is 9.63. The topological polar surface area (TPSA) is 94.2 Å². The lowest BCUT2D eigenvalue weighted by Gasteiger charge is -2.12. The van der Waals surface area contributed by atoms with E-state index in [2.05, 4.69) is 35.1 Å². The van der Waals surface area contributed by atoms with Gasteiger partial charge in [-0.15, -0.1) is 0 Å². The van der Waals surface area contributed by atoms with Gasteiger partial charge in [-0.05, 0) is 69.5 Å². The average molecular weight is 533 g/mol. The van der Waals surface area contributed by atoms with E-state index in [9.17, 15) is 14.4 Å². The molecule has 4 rings (SSSR count). The first kappa shape index (κ1) is 23.2. The number of nitrogens with one attached hydrogen (secondary N) is 1. The van der Waals surface area contributed by atoms with E-state index in [1.807, 2.05) is 6.07 Å². The molecule has 2 aliphatic heterocycles. The lowest BCUT2D eigenvalue weighted by molar-refractivity contribution is -0.127. The first-order valence-electron chi connectivity index (χ1n) is 10.2. The third-order valence-corrected chi connectivity index (χ3v) is 6.18. The standard InChI is InChI=1S/C23H21BrN2O6S/c1-13(2)11-30-17-5-3-14(7-16(17)24)8-20-22(28)26(23(29)33-20)10-21(27)25-15-4-6-18-19(9-15)32-12-31-18/h3-9,13H,10-12H2,1-2H3,(H,25,27)/b20-8+. The molecule has 0 saturated carbocycles. The largest absolute Gasteiger partial charge is 0.492 e. The average Bonchev–Trinajstić information content (AvgIpc) is 3.32. The molecule has 33 heavy (non-hydrogen) atoms. The number of carbonyl (C=O) groups excluding carboxylic acids is 3. The highest BCUT2D eigenvalue weighted by Crippen LogP contribution is 2.35. The molecule has 0 aromatic heterocycles. The van der Waals surface area contributed by atoms with Gasteiger partial charge in [0.05, 0.1) is 16.0 Å². The molecular formula is C23H21BrN2O6S. The first-order chi connectivity index (χ1) is 15.8. The number of imide groups is 1. The van der Waals surface area contributed by atoms with Crippen LogP contribution < -0.4 is 19.5 Å². The van der Waals surface area contributed by atoms with Gasteiger partial charge in [-0.1, -0.05) is 19.9 Å². The van der Waals surface area contributed by atoms with Crippen molar-refractivity contribution in [2.24, 2.45) is 5.92 Å². The van der Waals surface area contributed by atoms with E-state index >= 15 is 0 Å². The Morgan fingerprint density at radius 1 is 1.21 bits per heavy atom. The number of hydrogen-bond donors (Lipinski definition) is 1. The van der Waals surface area contributed by atoms with Crippen LogP contribution in [0.3, 0.4) is 0 Å². The van der Waals surface area contributed by atoms with Crippen LogP contribution in [-0.4, -0.2) is 41.9 Å². The molecule has 2 aliphatic rings. The summed E-state index contributed by atoms with van der Waals surface area (Å²) in [7, 11) is 0. The second kappa shape index (κ2) is 9.88. The van der Waals surface area contributed by atoms with Crippen molar-refractivity contribution < 1.29 is 28.6 Å². The van der Waals surface area contributed by atoms with Gasteiger partial charge in [0.1, 0.15) is 12.3 Å². The SMILES string of the molecule is CC(C)COc1ccc(/C=C2/SC(=O)N(CC(=O)Nc3ccc4c(c3)OCO4)C2=O)cc1Br. The summed E-state index contributed by atoms with van der Waals surface area (Å²) in [4.78, 5) is 38.7. The zero-order valence-electron chi connectivity index (χ0n) is 17.9. The zero-order chi connectivity index (χ0) is 23.5. The van der Waals surface area contributed by atoms with Crippen molar-refractivity contribution in [3.05, 3.63) is 51.3 Å². The van der Waals surface area contributed by atoms with Crippen LogP contribution in [0.5, 0.6) is 17.2 Å². The summed E-state index contributed by atoms with van der Waals surface area (Å²) >= 11 is 4.28. The molecule has 0 atom stereocenters. The highest BCUT2D eigenvalue weighted by Gasteiger charge is 2.36. The summed E-state index contributed by atoms with van der Waals surface area (Å²) in [6.07, 6.45) is 1.62. The molecule has 3 amide bonds. The van der Waals surface area contributed by atoms with Crippen LogP contribution in [0.4, 0.5) is 10.5 Å². The third-order valence-electron chi connectivity index (χ3n) is 4.66. The summed E-state index contributed by atoms with van der Waals surface area (Å²) in [6, 6.07) is 10.4. The number of fused-ring (bicyclic) bond motifs is 1. The molecule has 0 spiro atoms. The summed E-state index contributed by atoms with van der Waals surface area (Å²) in [5.41, 5.74) is 1.21. The second-order valence-electron chi connectivity index (χ2n) is 7.78. The van der Waals surface area contributed by atoms with Crippen LogP contribution >= 0.6 is 27.7 Å². The molecule has 1 saturated heterocycles. The van der Waals surface area contributed by atoms with Crippen molar-refractivity contribution >= 4 is 56.5 Å². The van der Waals surface area contributed by atoms with Crippen LogP contribution in [0, 0.1) is 5.92 Å². The number of amides is 3. The van der Waals surface area contributed by atoms with Gasteiger partial charge in [0.15, 0.2) is 11.5 Å². The van der Waals surface area contributed by atoms with Crippen LogP contribution in [-0.2, 0) is 9.59 Å². The number of halogens is 1. The third kappa shape index (κ3) is 5.51. The molecule has 172 valence electrons. The Hall–Kier alpha value is -2.98. The van der Waals surface area contributed by atoms with E-state index in [1.165, 1.54) is 0 Å². The van der Waals surface area contributed by atoms with Crippen molar-refractivity contribution in [1.29, 1.82) is 0 Å². The van der Waals surface area contributed by atoms with Crippen LogP contribution in [0.2, 0.25) is 0 Å². The number of benzene rings is 2. The van der Waals surface area contributed by atoms with E-state index in [1.54, 1.807) is 36.4 Å². The Morgan fingerprint density at radius 3 is 2.76 bits per heavy atom. The van der Waals surface area contributed by atoms with Crippen molar-refractivity contribution in [3.63, 3.8) is 0 Å². The molecule has 2 aromatic rings. The molecular weight excluding hydrogens is 512 g/mol. The fourth-order valence-corrected chi connectivity index (χ4v) is 4.44. The monoisotopic (exact) mass is 532 g/mol. The lowest BCUT2D eigenvalue weighted by Crippen LogP contribution is -2.36. The van der Waals surface area contributed by atoms with Gasteiger partial charge >= 0.3 is 0 Å². The van der Waals surface area contributed by atoms with Gasteiger partial charge in [0.2, 0.25) is 12.7 Å². The maximum atomic E-state index is 12.8. The quantitative estimate of drug-likeness (QED) is 0.507. The molecule has 2 aromatic carbocycles. The first-order valence-corrected chi connectivity index (χ1v) is 11.8. The molecule has 0 radical (unpaired) electrons. The Balaban J connectivity index is 1.40. The normalized spacial score (nSPS) is 16.1. The van der Waals surface area contributed by atoms with E-state index in [0.29, 0.717) is 35.5 Å². The Kier molecular flexibility index (Phi) is 6.94. The molecule has 1 N–H and O–H groups in total. The van der Waals surface area contributed by atoms with Crippen molar-refractivity contribution in [3.8, 4) is 17.2 Å². The Bertz CT molecular complexity index is 1150. The van der Waals surface area contributed by atoms with Gasteiger partial charge in [-0.3, -0.25) is 19.3 Å². The smallest absolute Gasteiger partial charge is 0.294 e. The number of anilines is 1. The highest BCUT2D eigenvalue weighted by atomic mass is 79.9. The van der Waals surface area contributed by atoms with Gasteiger partial charge < -0.3 is 19.5 Å². The fraction of sp³-hybridized carbons (Fsp3) is 0.261. The molecule has 10 heteroatoms. The summed E-state index contributed by atoms with van der Waals surface area (Å²) in [6.45, 7) is 4.45. The minimum atomic E-state index is -0.512. The fourth-order valence-electron chi connectivity index (χ4n) is 3.09. The molecule has 2 heterocycles. The molecule has 0 bridgehead atoms. The number of hydrogen-bond acceptors (Lipinski definition) is 7. The molecule has 8 nitrogen and oxygen atoms in total. The summed E-state index contributed by atoms with van der Waals surface area (Å²) in [5.74, 6) is 1.21. The van der Waals surface area contributed by atoms with E-state index in [0.717, 1.165) is 26.7 Å². The van der Waals surface area contributed by atoms with Gasteiger partial charge in [-0.2, -0.15) is 0 Å². The Morgan fingerprint density at radius 2 is 2.00 bits per heavy atom. The van der Waals surface area contributed by atoms with Crippen LogP contribution in [0.15, 0.2) is 45.8 Å². The predicted octanol–water partition coefficient (Wildman–Crippen LogP) is 4.89. The van der Waals surface area contributed by atoms with Crippen LogP contribution in [0.1, 0.15) is 19.4 Å². The van der Waals surface area contributed by atoms with Gasteiger partial charge in [0, 0.05) is 11.8 Å². The van der Waals surface area contributed by atoms with E-state index < -0.39 is 17.1 Å². The minimum Gasteiger partial charge on any atom is -0.492 e. The van der Waals surface area contributed by atoms with E-state index in [4.69, 9.17) is 14.2 Å². The molecule has 0 aliphatic carbocycles. The van der Waals surface area contributed by atoms with Gasteiger partial charge in [-0.25, -0.2) is 0 Å². The highest BCUT2D eigenvalue weighted by molar-refractivity contribution is 9.10. The van der Waals surface area contributed by atoms with E-state index in [-0.39, 0.29) is 18.2 Å². The predicted molar refractivity (Wildman–Crippen MR) is 128 cm³/mol. The Labute approximate surface area is 203 Å². The lowest BCUT2D eigenvalue weighted by atomic mass is 10.2. The zero-order valence-corrected chi connectivity index (χ0v) is 20.3. The van der Waals surface area contributed by atoms with Crippen molar-refractivity contribution in [2.45, 2.75) is 13.8 Å². The summed E-state index contributed by atoms with van der Waals surface area (Å²) < 4.78 is 17.0. The van der Waals surface area contributed by atoms with Crippen molar-refractivity contribution in [1.82, 2.24) is 4.90 Å². The molecule has 0 unspecified atom stereocenters. The minimum absolute atomic E-state index is 0.125. The van der Waals surface area contributed by atoms with Gasteiger partial charge in [0.25, 0.3) is 11.1 Å². The number of thioether (sulfide) groups is 1. The summed E-state index contributed by atoms with van der Waals surface area (Å²) in [5, 5.41) is 2.17. The number of ether oxygens (including phenoxy) is 3. The van der Waals surface area contributed by atoms with Crippen molar-refractivity contribution in [2.75, 3.05) is 25.3 Å². The number of nitrogens with zero attached hydrogens (tertiary/aromatic N) is 1. The van der Waals surface area contributed by atoms with Crippen LogP contribution in [0.25, 0.3) is 6.08 Å². The number of carbonyl (C=O) groups is 3. The molecule has 1 fully saturated rings. The maximum absolute atomic E-state index is 12.8.